The van der Waals surface area contributed by atoms with Crippen molar-refractivity contribution >= 4 is 5.91 Å². The van der Waals surface area contributed by atoms with E-state index in [2.05, 4.69) is 5.32 Å². The first-order valence-electron chi connectivity index (χ1n) is 8.74. The Balaban J connectivity index is 1.99. The maximum absolute atomic E-state index is 13.1. The van der Waals surface area contributed by atoms with Gasteiger partial charge in [-0.25, -0.2) is 0 Å². The molecular formula is C23H23NO3. The van der Waals surface area contributed by atoms with Crippen LogP contribution in [-0.4, -0.2) is 20.1 Å². The molecule has 0 bridgehead atoms. The first kappa shape index (κ1) is 18.5. The Kier molecular flexibility index (Phi) is 5.46. The van der Waals surface area contributed by atoms with Gasteiger partial charge in [-0.2, -0.15) is 0 Å². The fourth-order valence-electron chi connectivity index (χ4n) is 3.13. The lowest BCUT2D eigenvalue weighted by molar-refractivity contribution is 0.0918. The van der Waals surface area contributed by atoms with Gasteiger partial charge in [-0.15, -0.1) is 0 Å². The van der Waals surface area contributed by atoms with Crippen LogP contribution >= 0.6 is 0 Å². The molecule has 0 saturated heterocycles. The maximum Gasteiger partial charge on any atom is 0.252 e. The molecule has 0 aliphatic carbocycles. The molecule has 3 rings (SSSR count). The first-order valence-corrected chi connectivity index (χ1v) is 8.74. The summed E-state index contributed by atoms with van der Waals surface area (Å²) in [6.07, 6.45) is 0. The number of rotatable bonds is 6. The highest BCUT2D eigenvalue weighted by Gasteiger charge is 2.31. The van der Waals surface area contributed by atoms with Crippen molar-refractivity contribution in [3.63, 3.8) is 0 Å². The molecule has 1 N–H and O–H groups in total. The Morgan fingerprint density at radius 3 is 1.78 bits per heavy atom. The highest BCUT2D eigenvalue weighted by Crippen LogP contribution is 2.31. The minimum atomic E-state index is -0.674. The van der Waals surface area contributed by atoms with Gasteiger partial charge in [-0.1, -0.05) is 60.7 Å². The van der Waals surface area contributed by atoms with Crippen LogP contribution in [0.3, 0.4) is 0 Å². The zero-order chi connectivity index (χ0) is 19.3. The number of benzene rings is 3. The molecule has 0 atom stereocenters. The predicted octanol–water partition coefficient (Wildman–Crippen LogP) is 4.40. The lowest BCUT2D eigenvalue weighted by Crippen LogP contribution is -2.44. The molecule has 3 aromatic rings. The molecule has 0 heterocycles. The Hall–Kier alpha value is -3.27. The van der Waals surface area contributed by atoms with Crippen molar-refractivity contribution in [2.24, 2.45) is 0 Å². The zero-order valence-electron chi connectivity index (χ0n) is 15.7. The molecule has 0 unspecified atom stereocenters. The second kappa shape index (κ2) is 7.96. The van der Waals surface area contributed by atoms with E-state index in [0.717, 1.165) is 11.1 Å². The van der Waals surface area contributed by atoms with Crippen LogP contribution in [0.4, 0.5) is 0 Å². The molecule has 3 aromatic carbocycles. The highest BCUT2D eigenvalue weighted by atomic mass is 16.5. The van der Waals surface area contributed by atoms with Crippen molar-refractivity contribution < 1.29 is 14.3 Å². The topological polar surface area (TPSA) is 47.6 Å². The van der Waals surface area contributed by atoms with Gasteiger partial charge < -0.3 is 14.8 Å². The molecule has 0 radical (unpaired) electrons. The molecule has 0 aliphatic heterocycles. The zero-order valence-corrected chi connectivity index (χ0v) is 15.7. The third kappa shape index (κ3) is 3.80. The smallest absolute Gasteiger partial charge is 0.252 e. The van der Waals surface area contributed by atoms with Gasteiger partial charge in [0, 0.05) is 5.56 Å². The summed E-state index contributed by atoms with van der Waals surface area (Å²) in [7, 11) is 3.12. The van der Waals surface area contributed by atoms with Gasteiger partial charge in [-0.3, -0.25) is 4.79 Å². The number of amides is 1. The number of methoxy groups -OCH3 is 2. The molecule has 0 aliphatic rings. The summed E-state index contributed by atoms with van der Waals surface area (Å²) >= 11 is 0. The number of carbonyl (C=O) groups is 1. The van der Waals surface area contributed by atoms with Crippen LogP contribution < -0.4 is 14.8 Å². The Morgan fingerprint density at radius 2 is 1.30 bits per heavy atom. The van der Waals surface area contributed by atoms with Gasteiger partial charge in [-0.05, 0) is 36.2 Å². The van der Waals surface area contributed by atoms with Crippen LogP contribution in [0.15, 0.2) is 78.9 Å². The van der Waals surface area contributed by atoms with Crippen LogP contribution in [0.5, 0.6) is 11.5 Å². The summed E-state index contributed by atoms with van der Waals surface area (Å²) in [5, 5.41) is 3.20. The van der Waals surface area contributed by atoms with Gasteiger partial charge in [0.1, 0.15) is 0 Å². The Bertz CT molecular complexity index is 868. The standard InChI is InChI=1S/C23H23NO3/c1-23(18-10-6-4-7-11-18,19-12-8-5-9-13-19)24-22(25)17-14-15-20(26-2)21(16-17)27-3/h4-16H,1-3H3,(H,24,25). The van der Waals surface area contributed by atoms with E-state index in [0.29, 0.717) is 17.1 Å². The lowest BCUT2D eigenvalue weighted by Gasteiger charge is -2.32. The molecule has 138 valence electrons. The minimum Gasteiger partial charge on any atom is -0.493 e. The normalized spacial score (nSPS) is 10.9. The second-order valence-corrected chi connectivity index (χ2v) is 6.38. The van der Waals surface area contributed by atoms with Crippen LogP contribution in [0, 0.1) is 0 Å². The van der Waals surface area contributed by atoms with Gasteiger partial charge >= 0.3 is 0 Å². The van der Waals surface area contributed by atoms with E-state index < -0.39 is 5.54 Å². The fourth-order valence-corrected chi connectivity index (χ4v) is 3.13. The summed E-state index contributed by atoms with van der Waals surface area (Å²) in [6.45, 7) is 2.01. The number of hydrogen-bond acceptors (Lipinski definition) is 3. The lowest BCUT2D eigenvalue weighted by atomic mass is 9.84. The van der Waals surface area contributed by atoms with E-state index in [1.54, 1.807) is 32.4 Å². The molecule has 27 heavy (non-hydrogen) atoms. The summed E-state index contributed by atoms with van der Waals surface area (Å²) < 4.78 is 10.6. The third-order valence-corrected chi connectivity index (χ3v) is 4.71. The highest BCUT2D eigenvalue weighted by molar-refractivity contribution is 5.95. The largest absolute Gasteiger partial charge is 0.493 e. The molecule has 0 spiro atoms. The molecule has 1 amide bonds. The summed E-state index contributed by atoms with van der Waals surface area (Å²) in [4.78, 5) is 13.1. The maximum atomic E-state index is 13.1. The van der Waals surface area contributed by atoms with E-state index in [9.17, 15) is 4.79 Å². The van der Waals surface area contributed by atoms with Crippen molar-refractivity contribution in [3.05, 3.63) is 95.6 Å². The van der Waals surface area contributed by atoms with Gasteiger partial charge in [0.2, 0.25) is 0 Å². The first-order chi connectivity index (χ1) is 13.1. The number of nitrogens with one attached hydrogen (secondary N) is 1. The van der Waals surface area contributed by atoms with Crippen molar-refractivity contribution in [2.75, 3.05) is 14.2 Å². The fraction of sp³-hybridized carbons (Fsp3) is 0.174. The number of carbonyl (C=O) groups excluding carboxylic acids is 1. The monoisotopic (exact) mass is 361 g/mol. The van der Waals surface area contributed by atoms with E-state index in [4.69, 9.17) is 9.47 Å². The quantitative estimate of drug-likeness (QED) is 0.708. The minimum absolute atomic E-state index is 0.189. The SMILES string of the molecule is COc1ccc(C(=O)NC(C)(c2ccccc2)c2ccccc2)cc1OC. The van der Waals surface area contributed by atoms with Crippen LogP contribution in [0.25, 0.3) is 0 Å². The molecule has 4 heteroatoms. The van der Waals surface area contributed by atoms with E-state index in [1.807, 2.05) is 67.6 Å². The average molecular weight is 361 g/mol. The van der Waals surface area contributed by atoms with Crippen molar-refractivity contribution in [2.45, 2.75) is 12.5 Å². The van der Waals surface area contributed by atoms with Crippen molar-refractivity contribution in [1.82, 2.24) is 5.32 Å². The van der Waals surface area contributed by atoms with E-state index >= 15 is 0 Å². The van der Waals surface area contributed by atoms with Gasteiger partial charge in [0.05, 0.1) is 19.8 Å². The number of hydrogen-bond donors (Lipinski definition) is 1. The predicted molar refractivity (Wildman–Crippen MR) is 106 cm³/mol. The van der Waals surface area contributed by atoms with Crippen molar-refractivity contribution in [1.29, 1.82) is 0 Å². The van der Waals surface area contributed by atoms with Gasteiger partial charge in [0.15, 0.2) is 11.5 Å². The van der Waals surface area contributed by atoms with Crippen LogP contribution in [0.2, 0.25) is 0 Å². The van der Waals surface area contributed by atoms with Crippen LogP contribution in [-0.2, 0) is 5.54 Å². The molecule has 4 nitrogen and oxygen atoms in total. The Labute approximate surface area is 159 Å². The van der Waals surface area contributed by atoms with E-state index in [-0.39, 0.29) is 5.91 Å². The summed E-state index contributed by atoms with van der Waals surface area (Å²) in [6, 6.07) is 25.0. The summed E-state index contributed by atoms with van der Waals surface area (Å²) in [5.74, 6) is 0.917. The summed E-state index contributed by atoms with van der Waals surface area (Å²) in [5.41, 5.74) is 1.84. The molecule has 0 fully saturated rings. The third-order valence-electron chi connectivity index (χ3n) is 4.71. The molecule has 0 saturated carbocycles. The van der Waals surface area contributed by atoms with Gasteiger partial charge in [0.25, 0.3) is 5.91 Å². The molecule has 0 aromatic heterocycles. The van der Waals surface area contributed by atoms with E-state index in [1.165, 1.54) is 0 Å². The Morgan fingerprint density at radius 1 is 0.778 bits per heavy atom. The second-order valence-electron chi connectivity index (χ2n) is 6.38. The van der Waals surface area contributed by atoms with Crippen LogP contribution in [0.1, 0.15) is 28.4 Å². The molecular weight excluding hydrogens is 338 g/mol. The average Bonchev–Trinajstić information content (AvgIpc) is 2.74. The number of ether oxygens (including phenoxy) is 2. The van der Waals surface area contributed by atoms with Crippen molar-refractivity contribution in [3.8, 4) is 11.5 Å².